The van der Waals surface area contributed by atoms with Crippen LogP contribution in [0.3, 0.4) is 0 Å². The number of nitrogens with one attached hydrogen (secondary N) is 4. The van der Waals surface area contributed by atoms with Gasteiger partial charge in [-0.15, -0.1) is 0 Å². The van der Waals surface area contributed by atoms with Gasteiger partial charge in [0.2, 0.25) is 17.7 Å². The van der Waals surface area contributed by atoms with Gasteiger partial charge in [-0.2, -0.15) is 0 Å². The molecule has 5 heterocycles. The number of amides is 3. The lowest BCUT2D eigenvalue weighted by Gasteiger charge is -2.35. The zero-order valence-corrected chi connectivity index (χ0v) is 32.7. The molecule has 0 radical (unpaired) electrons. The smallest absolute Gasteiger partial charge is 0.247 e. The lowest BCUT2D eigenvalue weighted by atomic mass is 9.88. The number of fused-ring (bicyclic) bond motifs is 1. The Labute approximate surface area is 330 Å². The van der Waals surface area contributed by atoms with Gasteiger partial charge < -0.3 is 45.1 Å². The Morgan fingerprint density at radius 3 is 2.00 bits per heavy atom. The molecule has 2 saturated heterocycles. The van der Waals surface area contributed by atoms with E-state index in [4.69, 9.17) is 14.0 Å². The number of rotatable bonds is 8. The van der Waals surface area contributed by atoms with E-state index in [-0.39, 0.29) is 48.1 Å². The highest BCUT2D eigenvalue weighted by Crippen LogP contribution is 2.40. The second-order valence-corrected chi connectivity index (χ2v) is 16.0. The lowest BCUT2D eigenvalue weighted by Crippen LogP contribution is -2.46. The molecule has 2 aromatic carbocycles. The van der Waals surface area contributed by atoms with Crippen LogP contribution in [0.2, 0.25) is 0 Å². The maximum Gasteiger partial charge on any atom is 0.247 e. The third-order valence-corrected chi connectivity index (χ3v) is 11.7. The highest BCUT2D eigenvalue weighted by molar-refractivity contribution is 6.00. The quantitative estimate of drug-likeness (QED) is 0.110. The molecule has 2 aliphatic carbocycles. The fraction of sp³-hybridized carbons (Fsp3) is 0.476. The summed E-state index contributed by atoms with van der Waals surface area (Å²) in [7, 11) is 0. The van der Waals surface area contributed by atoms with E-state index in [1.807, 2.05) is 45.9 Å². The summed E-state index contributed by atoms with van der Waals surface area (Å²) in [5.74, 6) is 2.16. The van der Waals surface area contributed by atoms with Crippen LogP contribution in [0.4, 0.5) is 11.4 Å². The van der Waals surface area contributed by atoms with E-state index in [1.165, 1.54) is 0 Å². The summed E-state index contributed by atoms with van der Waals surface area (Å²) >= 11 is 0. The third-order valence-electron chi connectivity index (χ3n) is 11.7. The average molecular weight is 779 g/mol. The number of imidazole rings is 1. The van der Waals surface area contributed by atoms with Crippen LogP contribution < -0.4 is 21.3 Å². The van der Waals surface area contributed by atoms with Gasteiger partial charge in [0.15, 0.2) is 0 Å². The standard InChI is InChI=1S/C21H26N4O4.C21H24N4O3/c1-11-20(12(2)29-25-11)13-6-7-16(22-14-9-15(26)10-14)18(8-13)24-21(28)17-4-3-5-19(27)23-17;1-11-20(12(2)28-24-11)13-6-7-18-17(8-13)23-21(16-4-3-5-19(27)22-16)25(18)14-9-15(26)10-14/h6-8,14-15,17,22,26H,3-5,9-10H2,1-2H3,(H,23,27)(H,24,28);6-8,14-16,26H,3-5,9-10H2,1-2H3,(H,22,27)/t14?,15?,17-;14?,15?,16-/m00/s1. The van der Waals surface area contributed by atoms with Gasteiger partial charge in [0.1, 0.15) is 23.4 Å². The average Bonchev–Trinajstić information content (AvgIpc) is 3.82. The minimum absolute atomic E-state index is 0.0751. The SMILES string of the molecule is Cc1noc(C)c1-c1ccc(NC2CC(O)C2)c(NC(=O)[C@@H]2CCCC(=O)N2)c1.Cc1noc(C)c1-c1ccc2c(c1)nc([C@@H]1CCCC(=O)N1)n2C1CC(O)C1. The van der Waals surface area contributed by atoms with E-state index in [0.717, 1.165) is 87.6 Å². The van der Waals surface area contributed by atoms with Gasteiger partial charge in [0.25, 0.3) is 0 Å². The van der Waals surface area contributed by atoms with Crippen molar-refractivity contribution in [3.63, 3.8) is 0 Å². The van der Waals surface area contributed by atoms with Gasteiger partial charge in [-0.05, 0) is 114 Å². The number of aliphatic hydroxyl groups excluding tert-OH is 2. The predicted molar refractivity (Wildman–Crippen MR) is 212 cm³/mol. The van der Waals surface area contributed by atoms with Crippen LogP contribution in [0.1, 0.15) is 105 Å². The van der Waals surface area contributed by atoms with Crippen LogP contribution in [-0.4, -0.2) is 72.1 Å². The summed E-state index contributed by atoms with van der Waals surface area (Å²) in [5, 5.41) is 39.7. The molecular formula is C42H50N8O7. The van der Waals surface area contributed by atoms with E-state index in [9.17, 15) is 24.6 Å². The van der Waals surface area contributed by atoms with Crippen molar-refractivity contribution in [2.45, 2.75) is 128 Å². The molecule has 2 aliphatic heterocycles. The second-order valence-electron chi connectivity index (χ2n) is 16.0. The molecule has 0 spiro atoms. The van der Waals surface area contributed by atoms with Gasteiger partial charge in [0, 0.05) is 36.1 Å². The molecule has 2 saturated carbocycles. The molecule has 15 nitrogen and oxygen atoms in total. The van der Waals surface area contributed by atoms with Crippen molar-refractivity contribution < 1.29 is 33.6 Å². The first-order chi connectivity index (χ1) is 27.4. The maximum absolute atomic E-state index is 12.8. The van der Waals surface area contributed by atoms with Crippen LogP contribution in [0.25, 0.3) is 33.3 Å². The number of hydrogen-bond donors (Lipinski definition) is 6. The Bertz CT molecular complexity index is 2280. The highest BCUT2D eigenvalue weighted by atomic mass is 16.5. The van der Waals surface area contributed by atoms with Crippen LogP contribution in [-0.2, 0) is 14.4 Å². The number of aliphatic hydroxyl groups is 2. The predicted octanol–water partition coefficient (Wildman–Crippen LogP) is 5.85. The number of carbonyl (C=O) groups excluding carboxylic acids is 3. The van der Waals surface area contributed by atoms with Crippen molar-refractivity contribution in [2.75, 3.05) is 10.6 Å². The number of carbonyl (C=O) groups is 3. The number of piperidine rings is 2. The number of nitrogens with zero attached hydrogens (tertiary/aromatic N) is 4. The van der Waals surface area contributed by atoms with Crippen molar-refractivity contribution in [3.05, 3.63) is 65.1 Å². The molecule has 3 aromatic heterocycles. The van der Waals surface area contributed by atoms with Gasteiger partial charge >= 0.3 is 0 Å². The minimum atomic E-state index is -0.530. The fourth-order valence-corrected chi connectivity index (χ4v) is 8.54. The van der Waals surface area contributed by atoms with E-state index in [1.54, 1.807) is 0 Å². The molecule has 9 rings (SSSR count). The van der Waals surface area contributed by atoms with Gasteiger partial charge in [0.05, 0.1) is 52.0 Å². The Morgan fingerprint density at radius 2 is 1.40 bits per heavy atom. The zero-order chi connectivity index (χ0) is 40.0. The summed E-state index contributed by atoms with van der Waals surface area (Å²) in [6.45, 7) is 7.58. The highest BCUT2D eigenvalue weighted by Gasteiger charge is 2.35. The number of aromatic nitrogens is 4. The molecule has 4 fully saturated rings. The number of benzene rings is 2. The fourth-order valence-electron chi connectivity index (χ4n) is 8.54. The normalized spacial score (nSPS) is 24.4. The zero-order valence-electron chi connectivity index (χ0n) is 32.7. The Balaban J connectivity index is 0.000000160. The van der Waals surface area contributed by atoms with E-state index < -0.39 is 6.04 Å². The second kappa shape index (κ2) is 15.8. The summed E-state index contributed by atoms with van der Waals surface area (Å²) in [5.41, 5.74) is 8.82. The molecule has 4 aliphatic rings. The molecule has 5 aromatic rings. The summed E-state index contributed by atoms with van der Waals surface area (Å²) < 4.78 is 12.8. The first-order valence-corrected chi connectivity index (χ1v) is 20.0. The number of aryl methyl sites for hydroxylation is 4. The summed E-state index contributed by atoms with van der Waals surface area (Å²) in [6.07, 6.45) is 6.41. The summed E-state index contributed by atoms with van der Waals surface area (Å²) in [6, 6.07) is 11.8. The van der Waals surface area contributed by atoms with Crippen LogP contribution >= 0.6 is 0 Å². The Kier molecular flexibility index (Phi) is 10.6. The van der Waals surface area contributed by atoms with Crippen molar-refractivity contribution >= 4 is 40.1 Å². The molecular weight excluding hydrogens is 729 g/mol. The Hall–Kier alpha value is -5.54. The largest absolute Gasteiger partial charge is 0.393 e. The molecule has 0 unspecified atom stereocenters. The van der Waals surface area contributed by atoms with Gasteiger partial charge in [-0.25, -0.2) is 4.98 Å². The third kappa shape index (κ3) is 7.90. The molecule has 6 N–H and O–H groups in total. The van der Waals surface area contributed by atoms with Crippen LogP contribution in [0, 0.1) is 27.7 Å². The topological polar surface area (TPSA) is 210 Å². The Morgan fingerprint density at radius 1 is 0.789 bits per heavy atom. The molecule has 0 bridgehead atoms. The molecule has 2 atom stereocenters. The molecule has 57 heavy (non-hydrogen) atoms. The molecule has 15 heteroatoms. The molecule has 300 valence electrons. The first-order valence-electron chi connectivity index (χ1n) is 20.0. The van der Waals surface area contributed by atoms with E-state index >= 15 is 0 Å². The van der Waals surface area contributed by atoms with Gasteiger partial charge in [-0.1, -0.05) is 22.4 Å². The first kappa shape index (κ1) is 38.3. The van der Waals surface area contributed by atoms with Crippen molar-refractivity contribution in [1.29, 1.82) is 0 Å². The van der Waals surface area contributed by atoms with Gasteiger partial charge in [-0.3, -0.25) is 14.4 Å². The van der Waals surface area contributed by atoms with Crippen molar-refractivity contribution in [2.24, 2.45) is 0 Å². The number of hydrogen-bond acceptors (Lipinski definition) is 11. The van der Waals surface area contributed by atoms with E-state index in [2.05, 4.69) is 54.3 Å². The van der Waals surface area contributed by atoms with Crippen molar-refractivity contribution in [1.82, 2.24) is 30.5 Å². The van der Waals surface area contributed by atoms with Crippen molar-refractivity contribution in [3.8, 4) is 22.3 Å². The minimum Gasteiger partial charge on any atom is -0.393 e. The monoisotopic (exact) mass is 778 g/mol. The van der Waals surface area contributed by atoms with Crippen LogP contribution in [0.15, 0.2) is 45.4 Å². The van der Waals surface area contributed by atoms with E-state index in [0.29, 0.717) is 50.0 Å². The maximum atomic E-state index is 12.8. The van der Waals surface area contributed by atoms with Crippen LogP contribution in [0.5, 0.6) is 0 Å². The lowest BCUT2D eigenvalue weighted by molar-refractivity contribution is -0.128. The summed E-state index contributed by atoms with van der Waals surface area (Å²) in [4.78, 5) is 41.4. The molecule has 3 amide bonds. The number of anilines is 2.